The lowest BCUT2D eigenvalue weighted by Crippen LogP contribution is -2.19. The molecule has 0 aliphatic rings. The minimum atomic E-state index is 0.727. The third-order valence-corrected chi connectivity index (χ3v) is 3.65. The molecule has 0 saturated carbocycles. The Kier molecular flexibility index (Phi) is 4.24. The highest BCUT2D eigenvalue weighted by molar-refractivity contribution is 7.09. The van der Waals surface area contributed by atoms with Crippen LogP contribution in [0.25, 0.3) is 0 Å². The van der Waals surface area contributed by atoms with Crippen LogP contribution >= 0.6 is 11.3 Å². The molecule has 0 unspecified atom stereocenters. The summed E-state index contributed by atoms with van der Waals surface area (Å²) in [5.41, 5.74) is 6.70. The number of thiazole rings is 1. The first kappa shape index (κ1) is 12.9. The van der Waals surface area contributed by atoms with E-state index in [-0.39, 0.29) is 0 Å². The second-order valence-electron chi connectivity index (χ2n) is 4.19. The summed E-state index contributed by atoms with van der Waals surface area (Å²) in [6.45, 7) is 3.72. The van der Waals surface area contributed by atoms with Crippen molar-refractivity contribution in [1.29, 1.82) is 0 Å². The van der Waals surface area contributed by atoms with E-state index in [1.165, 1.54) is 4.88 Å². The lowest BCUT2D eigenvalue weighted by molar-refractivity contribution is 0.321. The first-order valence-electron chi connectivity index (χ1n) is 5.68. The molecule has 0 atom stereocenters. The molecule has 2 rings (SSSR count). The van der Waals surface area contributed by atoms with Crippen molar-refractivity contribution < 1.29 is 0 Å². The van der Waals surface area contributed by atoms with Crippen molar-refractivity contribution in [2.24, 2.45) is 5.84 Å². The summed E-state index contributed by atoms with van der Waals surface area (Å²) in [7, 11) is 2.08. The second-order valence-corrected chi connectivity index (χ2v) is 5.13. The Morgan fingerprint density at radius 3 is 2.89 bits per heavy atom. The quantitative estimate of drug-likeness (QED) is 0.635. The van der Waals surface area contributed by atoms with Gasteiger partial charge in [0, 0.05) is 29.7 Å². The zero-order valence-corrected chi connectivity index (χ0v) is 11.4. The first-order valence-corrected chi connectivity index (χ1v) is 6.56. The number of nitrogens with two attached hydrogens (primary N) is 1. The highest BCUT2D eigenvalue weighted by Crippen LogP contribution is 2.17. The number of aryl methyl sites for hydroxylation is 1. The van der Waals surface area contributed by atoms with Crippen molar-refractivity contribution >= 4 is 17.2 Å². The number of nitrogen functional groups attached to an aromatic ring is 1. The van der Waals surface area contributed by atoms with Gasteiger partial charge in [0.15, 0.2) is 0 Å². The predicted molar refractivity (Wildman–Crippen MR) is 74.1 cm³/mol. The van der Waals surface area contributed by atoms with Gasteiger partial charge in [-0.1, -0.05) is 6.07 Å². The van der Waals surface area contributed by atoms with Gasteiger partial charge < -0.3 is 5.43 Å². The van der Waals surface area contributed by atoms with Crippen molar-refractivity contribution in [1.82, 2.24) is 14.9 Å². The number of anilines is 1. The fourth-order valence-corrected chi connectivity index (χ4v) is 2.62. The van der Waals surface area contributed by atoms with Crippen LogP contribution in [0.3, 0.4) is 0 Å². The minimum Gasteiger partial charge on any atom is -0.308 e. The van der Waals surface area contributed by atoms with E-state index < -0.39 is 0 Å². The molecule has 0 aromatic carbocycles. The molecule has 2 aromatic heterocycles. The molecule has 0 amide bonds. The Hall–Kier alpha value is -1.50. The van der Waals surface area contributed by atoms with Gasteiger partial charge in [0.1, 0.15) is 5.82 Å². The van der Waals surface area contributed by atoms with Crippen molar-refractivity contribution in [2.45, 2.75) is 20.0 Å². The SMILES string of the molecule is Cc1ncsc1CN(C)Cc1cccnc1NN. The largest absolute Gasteiger partial charge is 0.308 e. The molecule has 0 bridgehead atoms. The Morgan fingerprint density at radius 1 is 1.39 bits per heavy atom. The first-order chi connectivity index (χ1) is 8.70. The number of aromatic nitrogens is 2. The topological polar surface area (TPSA) is 67.1 Å². The summed E-state index contributed by atoms with van der Waals surface area (Å²) in [5.74, 6) is 6.17. The van der Waals surface area contributed by atoms with Gasteiger partial charge in [-0.15, -0.1) is 11.3 Å². The van der Waals surface area contributed by atoms with E-state index in [4.69, 9.17) is 5.84 Å². The Balaban J connectivity index is 2.03. The summed E-state index contributed by atoms with van der Waals surface area (Å²) < 4.78 is 0. The highest BCUT2D eigenvalue weighted by Gasteiger charge is 2.08. The number of hydrogen-bond acceptors (Lipinski definition) is 6. The van der Waals surface area contributed by atoms with E-state index in [0.29, 0.717) is 0 Å². The molecule has 0 aliphatic carbocycles. The normalized spacial score (nSPS) is 10.9. The Morgan fingerprint density at radius 2 is 2.22 bits per heavy atom. The molecule has 6 heteroatoms. The number of nitrogens with zero attached hydrogens (tertiary/aromatic N) is 3. The van der Waals surface area contributed by atoms with Gasteiger partial charge in [-0.25, -0.2) is 15.8 Å². The average molecular weight is 263 g/mol. The standard InChI is InChI=1S/C12H17N5S/c1-9-11(18-8-15-9)7-17(2)6-10-4-3-5-14-12(10)16-13/h3-5,8H,6-7,13H2,1-2H3,(H,14,16). The molecule has 5 nitrogen and oxygen atoms in total. The summed E-state index contributed by atoms with van der Waals surface area (Å²) in [6, 6.07) is 3.94. The van der Waals surface area contributed by atoms with Gasteiger partial charge in [0.25, 0.3) is 0 Å². The molecule has 0 aliphatic heterocycles. The lowest BCUT2D eigenvalue weighted by atomic mass is 10.2. The van der Waals surface area contributed by atoms with Crippen LogP contribution in [-0.4, -0.2) is 21.9 Å². The number of hydrogen-bond donors (Lipinski definition) is 2. The molecule has 0 spiro atoms. The van der Waals surface area contributed by atoms with Crippen molar-refractivity contribution in [3.05, 3.63) is 40.0 Å². The fourth-order valence-electron chi connectivity index (χ4n) is 1.77. The molecular weight excluding hydrogens is 246 g/mol. The summed E-state index contributed by atoms with van der Waals surface area (Å²) >= 11 is 1.69. The van der Waals surface area contributed by atoms with Crippen LogP contribution in [0.15, 0.2) is 23.8 Å². The van der Waals surface area contributed by atoms with Crippen molar-refractivity contribution in [3.63, 3.8) is 0 Å². The summed E-state index contributed by atoms with van der Waals surface area (Å²) in [5, 5.41) is 0. The van der Waals surface area contributed by atoms with Crippen LogP contribution in [0.1, 0.15) is 16.1 Å². The Labute approximate surface area is 111 Å². The van der Waals surface area contributed by atoms with Gasteiger partial charge in [0.05, 0.1) is 11.2 Å². The van der Waals surface area contributed by atoms with E-state index in [0.717, 1.165) is 30.2 Å². The van der Waals surface area contributed by atoms with Crippen LogP contribution in [0.4, 0.5) is 5.82 Å². The van der Waals surface area contributed by atoms with Crippen molar-refractivity contribution in [2.75, 3.05) is 12.5 Å². The van der Waals surface area contributed by atoms with Crippen LogP contribution < -0.4 is 11.3 Å². The van der Waals surface area contributed by atoms with Crippen LogP contribution in [-0.2, 0) is 13.1 Å². The molecule has 0 fully saturated rings. The number of hydrazine groups is 1. The van der Waals surface area contributed by atoms with E-state index in [1.54, 1.807) is 17.5 Å². The van der Waals surface area contributed by atoms with Crippen LogP contribution in [0.2, 0.25) is 0 Å². The predicted octanol–water partition coefficient (Wildman–Crippen LogP) is 1.76. The monoisotopic (exact) mass is 263 g/mol. The minimum absolute atomic E-state index is 0.727. The van der Waals surface area contributed by atoms with Crippen molar-refractivity contribution in [3.8, 4) is 0 Å². The maximum absolute atomic E-state index is 5.45. The van der Waals surface area contributed by atoms with Gasteiger partial charge in [-0.2, -0.15) is 0 Å². The third-order valence-electron chi connectivity index (χ3n) is 2.73. The smallest absolute Gasteiger partial charge is 0.144 e. The van der Waals surface area contributed by atoms with Crippen LogP contribution in [0, 0.1) is 6.92 Å². The number of pyridine rings is 1. The molecule has 0 radical (unpaired) electrons. The van der Waals surface area contributed by atoms with Gasteiger partial charge in [0.2, 0.25) is 0 Å². The zero-order chi connectivity index (χ0) is 13.0. The molecule has 2 heterocycles. The molecular formula is C12H17N5S. The second kappa shape index (κ2) is 5.90. The zero-order valence-electron chi connectivity index (χ0n) is 10.6. The molecule has 96 valence electrons. The van der Waals surface area contributed by atoms with Gasteiger partial charge in [-0.3, -0.25) is 4.90 Å². The molecule has 0 saturated heterocycles. The molecule has 18 heavy (non-hydrogen) atoms. The maximum Gasteiger partial charge on any atom is 0.144 e. The summed E-state index contributed by atoms with van der Waals surface area (Å²) in [4.78, 5) is 12.0. The van der Waals surface area contributed by atoms with E-state index >= 15 is 0 Å². The van der Waals surface area contributed by atoms with Gasteiger partial charge in [-0.05, 0) is 20.0 Å². The Bertz CT molecular complexity index is 511. The molecule has 2 aromatic rings. The average Bonchev–Trinajstić information content (AvgIpc) is 2.75. The summed E-state index contributed by atoms with van der Waals surface area (Å²) in [6.07, 6.45) is 1.73. The highest BCUT2D eigenvalue weighted by atomic mass is 32.1. The number of rotatable bonds is 5. The van der Waals surface area contributed by atoms with E-state index in [1.807, 2.05) is 24.6 Å². The van der Waals surface area contributed by atoms with E-state index in [9.17, 15) is 0 Å². The lowest BCUT2D eigenvalue weighted by Gasteiger charge is -2.17. The maximum atomic E-state index is 5.45. The van der Waals surface area contributed by atoms with Crippen LogP contribution in [0.5, 0.6) is 0 Å². The van der Waals surface area contributed by atoms with E-state index in [2.05, 4.69) is 27.3 Å². The molecule has 3 N–H and O–H groups in total. The third kappa shape index (κ3) is 3.04. The number of nitrogens with one attached hydrogen (secondary N) is 1. The fraction of sp³-hybridized carbons (Fsp3) is 0.333. The van der Waals surface area contributed by atoms with Gasteiger partial charge >= 0.3 is 0 Å².